The van der Waals surface area contributed by atoms with Gasteiger partial charge in [-0.3, -0.25) is 4.79 Å². The minimum absolute atomic E-state index is 0.269. The van der Waals surface area contributed by atoms with Gasteiger partial charge >= 0.3 is 0 Å². The predicted octanol–water partition coefficient (Wildman–Crippen LogP) is 4.09. The molecule has 0 spiro atoms. The fourth-order valence-electron chi connectivity index (χ4n) is 2.32. The highest BCUT2D eigenvalue weighted by Crippen LogP contribution is 2.19. The molecule has 3 rings (SSSR count). The van der Waals surface area contributed by atoms with Crippen molar-refractivity contribution in [1.82, 2.24) is 9.97 Å². The predicted molar refractivity (Wildman–Crippen MR) is 95.6 cm³/mol. The summed E-state index contributed by atoms with van der Waals surface area (Å²) in [5.41, 5.74) is 4.29. The number of nitrogens with one attached hydrogen (secondary N) is 2. The van der Waals surface area contributed by atoms with E-state index in [1.54, 1.807) is 6.20 Å². The van der Waals surface area contributed by atoms with Gasteiger partial charge in [-0.15, -0.1) is 0 Å². The number of aromatic nitrogens is 2. The first-order chi connectivity index (χ1) is 11.6. The first-order valence-electron chi connectivity index (χ1n) is 7.64. The molecule has 1 aromatic heterocycles. The Morgan fingerprint density at radius 2 is 1.75 bits per heavy atom. The molecule has 0 fully saturated rings. The van der Waals surface area contributed by atoms with E-state index >= 15 is 0 Å². The third kappa shape index (κ3) is 3.76. The number of nitrogens with zero attached hydrogens (tertiary/aromatic N) is 2. The molecule has 5 heteroatoms. The molecule has 5 nitrogen and oxygen atoms in total. The van der Waals surface area contributed by atoms with Gasteiger partial charge in [0.15, 0.2) is 0 Å². The number of para-hydroxylation sites is 1. The molecule has 120 valence electrons. The quantitative estimate of drug-likeness (QED) is 0.760. The maximum Gasteiger partial charge on any atom is 0.275 e. The molecular weight excluding hydrogens is 300 g/mol. The van der Waals surface area contributed by atoms with Crippen LogP contribution in [0.1, 0.15) is 21.6 Å². The van der Waals surface area contributed by atoms with Crippen molar-refractivity contribution in [2.24, 2.45) is 0 Å². The number of amides is 1. The van der Waals surface area contributed by atoms with E-state index in [2.05, 4.69) is 33.6 Å². The van der Waals surface area contributed by atoms with Gasteiger partial charge < -0.3 is 10.6 Å². The summed E-state index contributed by atoms with van der Waals surface area (Å²) in [4.78, 5) is 20.6. The summed E-state index contributed by atoms with van der Waals surface area (Å²) in [6.45, 7) is 4.08. The summed E-state index contributed by atoms with van der Waals surface area (Å²) in [6, 6.07) is 15.4. The van der Waals surface area contributed by atoms with Gasteiger partial charge in [0, 0.05) is 11.4 Å². The van der Waals surface area contributed by atoms with E-state index in [0.29, 0.717) is 5.82 Å². The molecule has 24 heavy (non-hydrogen) atoms. The molecule has 2 aromatic carbocycles. The molecule has 0 saturated carbocycles. The second kappa shape index (κ2) is 6.91. The highest BCUT2D eigenvalue weighted by molar-refractivity contribution is 6.02. The van der Waals surface area contributed by atoms with E-state index in [9.17, 15) is 4.79 Å². The number of aryl methyl sites for hydroxylation is 2. The zero-order chi connectivity index (χ0) is 16.9. The molecule has 0 aliphatic heterocycles. The zero-order valence-corrected chi connectivity index (χ0v) is 13.6. The summed E-state index contributed by atoms with van der Waals surface area (Å²) in [7, 11) is 0. The van der Waals surface area contributed by atoms with Gasteiger partial charge in [-0.2, -0.15) is 0 Å². The Labute approximate surface area is 140 Å². The van der Waals surface area contributed by atoms with Crippen molar-refractivity contribution in [2.45, 2.75) is 13.8 Å². The van der Waals surface area contributed by atoms with E-state index < -0.39 is 0 Å². The normalized spacial score (nSPS) is 10.2. The SMILES string of the molecule is Cc1ccc(Nc2cnc(C(=O)Nc3ccccc3)cn2)c(C)c1. The number of hydrogen-bond acceptors (Lipinski definition) is 4. The highest BCUT2D eigenvalue weighted by Gasteiger charge is 2.09. The van der Waals surface area contributed by atoms with Gasteiger partial charge in [-0.05, 0) is 37.6 Å². The average molecular weight is 318 g/mol. The van der Waals surface area contributed by atoms with E-state index in [1.807, 2.05) is 49.4 Å². The number of hydrogen-bond donors (Lipinski definition) is 2. The Kier molecular flexibility index (Phi) is 4.52. The fraction of sp³-hybridized carbons (Fsp3) is 0.105. The minimum Gasteiger partial charge on any atom is -0.339 e. The van der Waals surface area contributed by atoms with Crippen molar-refractivity contribution in [3.63, 3.8) is 0 Å². The maximum absolute atomic E-state index is 12.1. The topological polar surface area (TPSA) is 66.9 Å². The van der Waals surface area contributed by atoms with Crippen molar-refractivity contribution in [3.8, 4) is 0 Å². The van der Waals surface area contributed by atoms with Crippen molar-refractivity contribution in [2.75, 3.05) is 10.6 Å². The molecule has 3 aromatic rings. The van der Waals surface area contributed by atoms with Crippen molar-refractivity contribution in [1.29, 1.82) is 0 Å². The number of anilines is 3. The van der Waals surface area contributed by atoms with Crippen LogP contribution in [-0.4, -0.2) is 15.9 Å². The van der Waals surface area contributed by atoms with Crippen LogP contribution in [0, 0.1) is 13.8 Å². The first kappa shape index (κ1) is 15.7. The zero-order valence-electron chi connectivity index (χ0n) is 13.6. The van der Waals surface area contributed by atoms with Crippen LogP contribution in [-0.2, 0) is 0 Å². The van der Waals surface area contributed by atoms with Crippen molar-refractivity contribution >= 4 is 23.1 Å². The van der Waals surface area contributed by atoms with Crippen LogP contribution in [0.4, 0.5) is 17.2 Å². The van der Waals surface area contributed by atoms with Gasteiger partial charge in [-0.25, -0.2) is 9.97 Å². The monoisotopic (exact) mass is 318 g/mol. The van der Waals surface area contributed by atoms with Gasteiger partial charge in [0.05, 0.1) is 12.4 Å². The first-order valence-corrected chi connectivity index (χ1v) is 7.64. The second-order valence-electron chi connectivity index (χ2n) is 5.55. The summed E-state index contributed by atoms with van der Waals surface area (Å²) in [5.74, 6) is 0.310. The van der Waals surface area contributed by atoms with Gasteiger partial charge in [-0.1, -0.05) is 35.9 Å². The molecule has 0 unspecified atom stereocenters. The third-order valence-electron chi connectivity index (χ3n) is 3.56. The standard InChI is InChI=1S/C19H18N4O/c1-13-8-9-16(14(2)10-13)23-18-12-20-17(11-21-18)19(24)22-15-6-4-3-5-7-15/h3-12H,1-2H3,(H,21,23)(H,22,24). The van der Waals surface area contributed by atoms with Crippen LogP contribution in [0.25, 0.3) is 0 Å². The van der Waals surface area contributed by atoms with Crippen LogP contribution < -0.4 is 10.6 Å². The molecule has 0 saturated heterocycles. The van der Waals surface area contributed by atoms with Crippen LogP contribution >= 0.6 is 0 Å². The Hall–Kier alpha value is -3.21. The Morgan fingerprint density at radius 1 is 0.958 bits per heavy atom. The smallest absolute Gasteiger partial charge is 0.275 e. The Morgan fingerprint density at radius 3 is 2.42 bits per heavy atom. The van der Waals surface area contributed by atoms with E-state index in [-0.39, 0.29) is 11.6 Å². The molecule has 0 atom stereocenters. The number of carbonyl (C=O) groups is 1. The number of carbonyl (C=O) groups excluding carboxylic acids is 1. The van der Waals surface area contributed by atoms with E-state index in [1.165, 1.54) is 11.8 Å². The molecule has 2 N–H and O–H groups in total. The van der Waals surface area contributed by atoms with Crippen molar-refractivity contribution < 1.29 is 4.79 Å². The molecule has 0 aliphatic rings. The Bertz CT molecular complexity index is 845. The fourth-order valence-corrected chi connectivity index (χ4v) is 2.32. The summed E-state index contributed by atoms with van der Waals surface area (Å²) in [5, 5.41) is 5.99. The summed E-state index contributed by atoms with van der Waals surface area (Å²) in [6.07, 6.45) is 3.02. The van der Waals surface area contributed by atoms with E-state index in [0.717, 1.165) is 16.9 Å². The third-order valence-corrected chi connectivity index (χ3v) is 3.56. The van der Waals surface area contributed by atoms with E-state index in [4.69, 9.17) is 0 Å². The average Bonchev–Trinajstić information content (AvgIpc) is 2.59. The summed E-state index contributed by atoms with van der Waals surface area (Å²) < 4.78 is 0. The van der Waals surface area contributed by atoms with Crippen LogP contribution in [0.15, 0.2) is 60.9 Å². The molecule has 0 radical (unpaired) electrons. The highest BCUT2D eigenvalue weighted by atomic mass is 16.1. The Balaban J connectivity index is 1.70. The number of benzene rings is 2. The number of rotatable bonds is 4. The lowest BCUT2D eigenvalue weighted by molar-refractivity contribution is 0.102. The van der Waals surface area contributed by atoms with Crippen LogP contribution in [0.3, 0.4) is 0 Å². The lowest BCUT2D eigenvalue weighted by atomic mass is 10.1. The molecular formula is C19H18N4O. The summed E-state index contributed by atoms with van der Waals surface area (Å²) >= 11 is 0. The van der Waals surface area contributed by atoms with Crippen molar-refractivity contribution in [3.05, 3.63) is 77.7 Å². The molecule has 0 aliphatic carbocycles. The molecule has 0 bridgehead atoms. The van der Waals surface area contributed by atoms with Gasteiger partial charge in [0.1, 0.15) is 11.5 Å². The van der Waals surface area contributed by atoms with Crippen LogP contribution in [0.5, 0.6) is 0 Å². The largest absolute Gasteiger partial charge is 0.339 e. The lowest BCUT2D eigenvalue weighted by Crippen LogP contribution is -2.14. The second-order valence-corrected chi connectivity index (χ2v) is 5.55. The van der Waals surface area contributed by atoms with Gasteiger partial charge in [0.25, 0.3) is 5.91 Å². The maximum atomic E-state index is 12.1. The molecule has 1 heterocycles. The van der Waals surface area contributed by atoms with Gasteiger partial charge in [0.2, 0.25) is 0 Å². The van der Waals surface area contributed by atoms with Crippen LogP contribution in [0.2, 0.25) is 0 Å². The lowest BCUT2D eigenvalue weighted by Gasteiger charge is -2.10. The molecule has 1 amide bonds. The minimum atomic E-state index is -0.285.